The molecule has 0 saturated carbocycles. The Kier molecular flexibility index (Phi) is 3.44. The Morgan fingerprint density at radius 1 is 1.20 bits per heavy atom. The zero-order valence-corrected chi connectivity index (χ0v) is 14.5. The topological polar surface area (TPSA) is 62.1 Å². The van der Waals surface area contributed by atoms with Crippen LogP contribution in [0.25, 0.3) is 0 Å². The van der Waals surface area contributed by atoms with E-state index in [0.717, 1.165) is 22.6 Å². The Hall–Kier alpha value is -2.66. The van der Waals surface area contributed by atoms with E-state index >= 15 is 0 Å². The first-order chi connectivity index (χ1) is 11.9. The highest BCUT2D eigenvalue weighted by atomic mass is 16.5. The predicted molar refractivity (Wildman–Crippen MR) is 97.2 cm³/mol. The van der Waals surface area contributed by atoms with Crippen molar-refractivity contribution in [2.75, 3.05) is 18.6 Å². The average Bonchev–Trinajstić information content (AvgIpc) is 2.95. The van der Waals surface area contributed by atoms with Gasteiger partial charge in [0.1, 0.15) is 11.6 Å². The number of carbonyl (C=O) groups excluding carboxylic acids is 1. The molecule has 1 N–H and O–H groups in total. The van der Waals surface area contributed by atoms with E-state index in [0.29, 0.717) is 30.1 Å². The number of aliphatic imine (C=N–C) groups is 1. The van der Waals surface area contributed by atoms with Gasteiger partial charge in [0.2, 0.25) is 5.78 Å². The van der Waals surface area contributed by atoms with Gasteiger partial charge in [0.15, 0.2) is 5.60 Å². The number of ketones is 1. The first-order valence-electron chi connectivity index (χ1n) is 8.33. The van der Waals surface area contributed by atoms with Crippen molar-refractivity contribution in [3.8, 4) is 5.75 Å². The van der Waals surface area contributed by atoms with Crippen LogP contribution in [0.2, 0.25) is 0 Å². The predicted octanol–water partition coefficient (Wildman–Crippen LogP) is 3.18. The summed E-state index contributed by atoms with van der Waals surface area (Å²) >= 11 is 0. The minimum absolute atomic E-state index is 0.263. The number of hydrogen-bond donors (Lipinski definition) is 1. The average molecular weight is 336 g/mol. The lowest BCUT2D eigenvalue weighted by molar-refractivity contribution is 0.0602. The number of anilines is 1. The van der Waals surface area contributed by atoms with E-state index in [1.165, 1.54) is 0 Å². The fourth-order valence-electron chi connectivity index (χ4n) is 3.52. The van der Waals surface area contributed by atoms with Gasteiger partial charge in [0.25, 0.3) is 0 Å². The van der Waals surface area contributed by atoms with Gasteiger partial charge in [-0.05, 0) is 49.2 Å². The second kappa shape index (κ2) is 5.43. The summed E-state index contributed by atoms with van der Waals surface area (Å²) < 4.78 is 5.29. The van der Waals surface area contributed by atoms with Crippen LogP contribution in [0.4, 0.5) is 11.4 Å². The third-order valence-corrected chi connectivity index (χ3v) is 5.15. The second-order valence-electron chi connectivity index (χ2n) is 6.68. The molecule has 4 rings (SSSR count). The Balaban J connectivity index is 1.86. The van der Waals surface area contributed by atoms with Crippen LogP contribution in [0.15, 0.2) is 41.4 Å². The normalized spacial score (nSPS) is 21.7. The molecular formula is C20H20N2O3. The quantitative estimate of drug-likeness (QED) is 0.915. The molecule has 0 unspecified atom stereocenters. The third kappa shape index (κ3) is 2.27. The molecule has 2 aromatic rings. The van der Waals surface area contributed by atoms with Crippen molar-refractivity contribution < 1.29 is 14.6 Å². The highest BCUT2D eigenvalue weighted by Gasteiger charge is 2.52. The SMILES string of the molecule is COc1cccc(N2CC[C@@]3(O)C(=O)c4cc(C)c(C)cc4N=C23)c1. The fraction of sp³-hybridized carbons (Fsp3) is 0.300. The van der Waals surface area contributed by atoms with Crippen LogP contribution in [-0.4, -0.2) is 36.0 Å². The molecule has 1 fully saturated rings. The number of benzene rings is 2. The summed E-state index contributed by atoms with van der Waals surface area (Å²) in [5, 5.41) is 11.1. The number of ether oxygens (including phenoxy) is 1. The van der Waals surface area contributed by atoms with E-state index in [1.54, 1.807) is 7.11 Å². The van der Waals surface area contributed by atoms with Crippen molar-refractivity contribution in [2.24, 2.45) is 4.99 Å². The zero-order valence-electron chi connectivity index (χ0n) is 14.5. The molecule has 0 aliphatic carbocycles. The molecule has 2 aromatic carbocycles. The molecule has 25 heavy (non-hydrogen) atoms. The molecule has 1 atom stereocenters. The van der Waals surface area contributed by atoms with E-state index in [-0.39, 0.29) is 5.78 Å². The number of fused-ring (bicyclic) bond motifs is 2. The van der Waals surface area contributed by atoms with Crippen LogP contribution in [-0.2, 0) is 0 Å². The minimum Gasteiger partial charge on any atom is -0.497 e. The van der Waals surface area contributed by atoms with Crippen molar-refractivity contribution in [2.45, 2.75) is 25.9 Å². The molecular weight excluding hydrogens is 316 g/mol. The molecule has 0 amide bonds. The molecule has 2 heterocycles. The highest BCUT2D eigenvalue weighted by Crippen LogP contribution is 2.40. The van der Waals surface area contributed by atoms with Crippen LogP contribution in [0.5, 0.6) is 5.75 Å². The zero-order chi connectivity index (χ0) is 17.8. The summed E-state index contributed by atoms with van der Waals surface area (Å²) in [6, 6.07) is 11.3. The van der Waals surface area contributed by atoms with E-state index in [2.05, 4.69) is 4.99 Å². The monoisotopic (exact) mass is 336 g/mol. The van der Waals surface area contributed by atoms with Crippen LogP contribution >= 0.6 is 0 Å². The Morgan fingerprint density at radius 2 is 1.96 bits per heavy atom. The summed E-state index contributed by atoms with van der Waals surface area (Å²) in [5.41, 5.74) is 2.53. The number of aliphatic hydroxyl groups is 1. The number of rotatable bonds is 2. The highest BCUT2D eigenvalue weighted by molar-refractivity contribution is 6.28. The van der Waals surface area contributed by atoms with Crippen molar-refractivity contribution in [3.63, 3.8) is 0 Å². The van der Waals surface area contributed by atoms with Crippen molar-refractivity contribution in [3.05, 3.63) is 53.1 Å². The summed E-state index contributed by atoms with van der Waals surface area (Å²) in [6.45, 7) is 4.49. The van der Waals surface area contributed by atoms with Gasteiger partial charge in [-0.15, -0.1) is 0 Å². The Bertz CT molecular complexity index is 919. The largest absolute Gasteiger partial charge is 0.497 e. The maximum atomic E-state index is 13.0. The molecule has 1 saturated heterocycles. The molecule has 2 aliphatic rings. The molecule has 5 nitrogen and oxygen atoms in total. The first-order valence-corrected chi connectivity index (χ1v) is 8.33. The van der Waals surface area contributed by atoms with Crippen molar-refractivity contribution >= 4 is 23.0 Å². The number of hydrogen-bond acceptors (Lipinski definition) is 5. The smallest absolute Gasteiger partial charge is 0.204 e. The van der Waals surface area contributed by atoms with Gasteiger partial charge in [-0.2, -0.15) is 0 Å². The van der Waals surface area contributed by atoms with Crippen LogP contribution in [0.1, 0.15) is 27.9 Å². The van der Waals surface area contributed by atoms with Gasteiger partial charge < -0.3 is 14.7 Å². The number of amidine groups is 1. The molecule has 0 spiro atoms. The number of carbonyl (C=O) groups is 1. The summed E-state index contributed by atoms with van der Waals surface area (Å²) in [5.74, 6) is 0.866. The lowest BCUT2D eigenvalue weighted by atomic mass is 9.86. The molecule has 0 aromatic heterocycles. The third-order valence-electron chi connectivity index (χ3n) is 5.15. The van der Waals surface area contributed by atoms with E-state index in [1.807, 2.05) is 55.1 Å². The summed E-state index contributed by atoms with van der Waals surface area (Å²) in [4.78, 5) is 19.6. The molecule has 5 heteroatoms. The lowest BCUT2D eigenvalue weighted by Crippen LogP contribution is -2.48. The van der Waals surface area contributed by atoms with Gasteiger partial charge in [-0.1, -0.05) is 6.07 Å². The van der Waals surface area contributed by atoms with Crippen molar-refractivity contribution in [1.82, 2.24) is 0 Å². The summed E-state index contributed by atoms with van der Waals surface area (Å²) in [7, 11) is 1.61. The molecule has 128 valence electrons. The molecule has 0 bridgehead atoms. The van der Waals surface area contributed by atoms with Crippen LogP contribution < -0.4 is 9.64 Å². The van der Waals surface area contributed by atoms with Gasteiger partial charge in [-0.3, -0.25) is 4.79 Å². The maximum absolute atomic E-state index is 13.0. The lowest BCUT2D eigenvalue weighted by Gasteiger charge is -2.30. The van der Waals surface area contributed by atoms with E-state index in [4.69, 9.17) is 4.74 Å². The van der Waals surface area contributed by atoms with Gasteiger partial charge >= 0.3 is 0 Å². The fourth-order valence-corrected chi connectivity index (χ4v) is 3.52. The van der Waals surface area contributed by atoms with Gasteiger partial charge in [-0.25, -0.2) is 4.99 Å². The molecule has 0 radical (unpaired) electrons. The van der Waals surface area contributed by atoms with Crippen LogP contribution in [0, 0.1) is 13.8 Å². The number of nitrogens with zero attached hydrogens (tertiary/aromatic N) is 2. The first kappa shape index (κ1) is 15.8. The second-order valence-corrected chi connectivity index (χ2v) is 6.68. The van der Waals surface area contributed by atoms with Crippen molar-refractivity contribution in [1.29, 1.82) is 0 Å². The number of aryl methyl sites for hydroxylation is 2. The standard InChI is InChI=1S/C20H20N2O3/c1-12-9-16-17(10-13(12)2)21-19-20(24,18(16)23)7-8-22(19)14-5-4-6-15(11-14)25-3/h4-6,9-11,24H,7-8H2,1-3H3/t20-/m1/s1. The van der Waals surface area contributed by atoms with Gasteiger partial charge in [0.05, 0.1) is 12.8 Å². The Morgan fingerprint density at radius 3 is 2.72 bits per heavy atom. The Labute approximate surface area is 146 Å². The van der Waals surface area contributed by atoms with E-state index < -0.39 is 5.60 Å². The van der Waals surface area contributed by atoms with Gasteiger partial charge in [0, 0.05) is 30.3 Å². The summed E-state index contributed by atoms with van der Waals surface area (Å²) in [6.07, 6.45) is 0.328. The minimum atomic E-state index is -1.56. The molecule has 2 aliphatic heterocycles. The number of methoxy groups -OCH3 is 1. The number of Topliss-reactive ketones (excluding diaryl/α,β-unsaturated/α-hetero) is 1. The van der Waals surface area contributed by atoms with Crippen LogP contribution in [0.3, 0.4) is 0 Å². The van der Waals surface area contributed by atoms with E-state index in [9.17, 15) is 9.90 Å². The maximum Gasteiger partial charge on any atom is 0.204 e.